The van der Waals surface area contributed by atoms with Crippen LogP contribution in [0.3, 0.4) is 0 Å². The summed E-state index contributed by atoms with van der Waals surface area (Å²) in [5, 5.41) is 3.05. The maximum absolute atomic E-state index is 12.0. The van der Waals surface area contributed by atoms with Gasteiger partial charge in [-0.05, 0) is 64.7 Å². The summed E-state index contributed by atoms with van der Waals surface area (Å²) in [5.74, 6) is 0. The van der Waals surface area contributed by atoms with E-state index in [0.717, 1.165) is 44.8 Å². The van der Waals surface area contributed by atoms with Crippen LogP contribution in [0.5, 0.6) is 0 Å². The van der Waals surface area contributed by atoms with E-state index in [1.165, 1.54) is 0 Å². The van der Waals surface area contributed by atoms with Crippen LogP contribution in [0.1, 0.15) is 59.3 Å². The molecule has 3 fully saturated rings. The summed E-state index contributed by atoms with van der Waals surface area (Å²) in [6.07, 6.45) is 5.88. The first kappa shape index (κ1) is 17.5. The predicted octanol–water partition coefficient (Wildman–Crippen LogP) is 2.58. The lowest BCUT2D eigenvalue weighted by molar-refractivity contribution is -0.0158. The smallest absolute Gasteiger partial charge is 0.408 e. The zero-order valence-corrected chi connectivity index (χ0v) is 14.7. The van der Waals surface area contributed by atoms with Gasteiger partial charge in [0.05, 0.1) is 12.9 Å². The van der Waals surface area contributed by atoms with Crippen molar-refractivity contribution in [2.24, 2.45) is 5.41 Å². The van der Waals surface area contributed by atoms with Gasteiger partial charge in [-0.2, -0.15) is 8.42 Å². The number of ether oxygens (including phenoxy) is 1. The second-order valence-electron chi connectivity index (χ2n) is 7.87. The van der Waals surface area contributed by atoms with Gasteiger partial charge in [-0.3, -0.25) is 4.18 Å². The molecule has 0 unspecified atom stereocenters. The second kappa shape index (κ2) is 5.67. The summed E-state index contributed by atoms with van der Waals surface area (Å²) < 4.78 is 32.8. The van der Waals surface area contributed by atoms with E-state index in [1.807, 2.05) is 20.8 Å². The Balaban J connectivity index is 1.91. The lowest BCUT2D eigenvalue weighted by Crippen LogP contribution is -2.58. The Labute approximate surface area is 133 Å². The Hall–Kier alpha value is -0.820. The van der Waals surface area contributed by atoms with Crippen molar-refractivity contribution in [3.05, 3.63) is 0 Å². The molecule has 3 aliphatic rings. The standard InChI is InChI=1S/C15H27NO5S/c1-13(2,3)21-12(17)16-15-8-5-14(6-9-15,7-10-15)11-20-22(4,18)19/h5-11H2,1-4H3,(H,16,17). The van der Waals surface area contributed by atoms with Gasteiger partial charge in [0.25, 0.3) is 10.1 Å². The minimum Gasteiger partial charge on any atom is -0.444 e. The highest BCUT2D eigenvalue weighted by atomic mass is 32.2. The average molecular weight is 333 g/mol. The van der Waals surface area contributed by atoms with Crippen LogP contribution >= 0.6 is 0 Å². The number of fused-ring (bicyclic) bond motifs is 3. The van der Waals surface area contributed by atoms with Crippen LogP contribution < -0.4 is 5.32 Å². The summed E-state index contributed by atoms with van der Waals surface area (Å²) in [4.78, 5) is 12.0. The quantitative estimate of drug-likeness (QED) is 0.800. The molecule has 0 saturated heterocycles. The highest BCUT2D eigenvalue weighted by molar-refractivity contribution is 7.85. The molecular formula is C15H27NO5S. The Morgan fingerprint density at radius 1 is 1.09 bits per heavy atom. The maximum Gasteiger partial charge on any atom is 0.408 e. The van der Waals surface area contributed by atoms with E-state index in [-0.39, 0.29) is 23.7 Å². The minimum absolute atomic E-state index is 0.0551. The fraction of sp³-hybridized carbons (Fsp3) is 0.933. The van der Waals surface area contributed by atoms with Gasteiger partial charge in [-0.1, -0.05) is 0 Å². The van der Waals surface area contributed by atoms with E-state index in [1.54, 1.807) is 0 Å². The topological polar surface area (TPSA) is 81.7 Å². The van der Waals surface area contributed by atoms with Gasteiger partial charge in [0.1, 0.15) is 5.60 Å². The van der Waals surface area contributed by atoms with Crippen molar-refractivity contribution < 1.29 is 22.1 Å². The van der Waals surface area contributed by atoms with Gasteiger partial charge in [0.15, 0.2) is 0 Å². The first-order valence-corrected chi connectivity index (χ1v) is 9.60. The Morgan fingerprint density at radius 2 is 1.59 bits per heavy atom. The highest BCUT2D eigenvalue weighted by Gasteiger charge is 2.50. The number of carbonyl (C=O) groups excluding carboxylic acids is 1. The van der Waals surface area contributed by atoms with E-state index in [9.17, 15) is 13.2 Å². The SMILES string of the molecule is CC(C)(C)OC(=O)NC12CCC(COS(C)(=O)=O)(CC1)CC2. The fourth-order valence-corrected chi connectivity index (χ4v) is 3.88. The monoisotopic (exact) mass is 333 g/mol. The third-order valence-electron chi connectivity index (χ3n) is 4.75. The molecule has 0 atom stereocenters. The number of hydrogen-bond donors (Lipinski definition) is 1. The van der Waals surface area contributed by atoms with Gasteiger partial charge in [0, 0.05) is 5.54 Å². The molecule has 0 radical (unpaired) electrons. The molecule has 0 aromatic rings. The first-order chi connectivity index (χ1) is 9.93. The summed E-state index contributed by atoms with van der Waals surface area (Å²) in [6.45, 7) is 5.80. The molecule has 0 heterocycles. The molecular weight excluding hydrogens is 306 g/mol. The molecule has 22 heavy (non-hydrogen) atoms. The molecule has 6 nitrogen and oxygen atoms in total. The molecule has 7 heteroatoms. The molecule has 1 N–H and O–H groups in total. The molecule has 0 aromatic heterocycles. The molecule has 1 amide bonds. The van der Waals surface area contributed by atoms with Crippen molar-refractivity contribution >= 4 is 16.2 Å². The van der Waals surface area contributed by atoms with Crippen LogP contribution in [-0.2, 0) is 19.0 Å². The van der Waals surface area contributed by atoms with Crippen LogP contribution in [0.4, 0.5) is 4.79 Å². The number of alkyl carbamates (subject to hydrolysis) is 1. The zero-order chi connectivity index (χ0) is 16.6. The molecule has 0 spiro atoms. The van der Waals surface area contributed by atoms with Gasteiger partial charge in [0.2, 0.25) is 0 Å². The number of carbonyl (C=O) groups is 1. The lowest BCUT2D eigenvalue weighted by atomic mass is 9.57. The third kappa shape index (κ3) is 4.59. The largest absolute Gasteiger partial charge is 0.444 e. The van der Waals surface area contributed by atoms with Crippen LogP contribution in [0.25, 0.3) is 0 Å². The van der Waals surface area contributed by atoms with Gasteiger partial charge < -0.3 is 10.1 Å². The lowest BCUT2D eigenvalue weighted by Gasteiger charge is -2.53. The van der Waals surface area contributed by atoms with E-state index in [4.69, 9.17) is 8.92 Å². The highest BCUT2D eigenvalue weighted by Crippen LogP contribution is 2.52. The summed E-state index contributed by atoms with van der Waals surface area (Å²) in [5.41, 5.74) is -0.757. The Bertz CT molecular complexity index is 510. The van der Waals surface area contributed by atoms with Crippen molar-refractivity contribution in [2.45, 2.75) is 70.4 Å². The van der Waals surface area contributed by atoms with E-state index in [0.29, 0.717) is 0 Å². The van der Waals surface area contributed by atoms with Gasteiger partial charge in [-0.25, -0.2) is 4.79 Å². The number of nitrogens with one attached hydrogen (secondary N) is 1. The predicted molar refractivity (Wildman–Crippen MR) is 83.0 cm³/mol. The molecule has 0 aromatic carbocycles. The van der Waals surface area contributed by atoms with Crippen molar-refractivity contribution in [1.82, 2.24) is 5.32 Å². The molecule has 3 aliphatic carbocycles. The van der Waals surface area contributed by atoms with E-state index >= 15 is 0 Å². The third-order valence-corrected chi connectivity index (χ3v) is 5.29. The van der Waals surface area contributed by atoms with Crippen LogP contribution in [0.2, 0.25) is 0 Å². The Kier molecular flexibility index (Phi) is 4.52. The molecule has 2 bridgehead atoms. The first-order valence-electron chi connectivity index (χ1n) is 7.78. The van der Waals surface area contributed by atoms with Crippen LogP contribution in [0, 0.1) is 5.41 Å². The summed E-state index contributed by atoms with van der Waals surface area (Å²) in [6, 6.07) is 0. The maximum atomic E-state index is 12.0. The number of amides is 1. The van der Waals surface area contributed by atoms with E-state index < -0.39 is 15.7 Å². The minimum atomic E-state index is -3.40. The molecule has 3 rings (SSSR count). The normalized spacial score (nSPS) is 31.8. The van der Waals surface area contributed by atoms with Crippen molar-refractivity contribution in [2.75, 3.05) is 12.9 Å². The number of rotatable bonds is 4. The Morgan fingerprint density at radius 3 is 2.00 bits per heavy atom. The average Bonchev–Trinajstić information content (AvgIpc) is 2.35. The van der Waals surface area contributed by atoms with Crippen molar-refractivity contribution in [1.29, 1.82) is 0 Å². The van der Waals surface area contributed by atoms with Crippen LogP contribution in [-0.4, -0.2) is 38.5 Å². The second-order valence-corrected chi connectivity index (χ2v) is 9.52. The fourth-order valence-electron chi connectivity index (χ4n) is 3.42. The van der Waals surface area contributed by atoms with Gasteiger partial charge >= 0.3 is 6.09 Å². The van der Waals surface area contributed by atoms with Gasteiger partial charge in [-0.15, -0.1) is 0 Å². The zero-order valence-electron chi connectivity index (χ0n) is 13.9. The number of hydrogen-bond acceptors (Lipinski definition) is 5. The van der Waals surface area contributed by atoms with E-state index in [2.05, 4.69) is 5.32 Å². The summed E-state index contributed by atoms with van der Waals surface area (Å²) >= 11 is 0. The summed E-state index contributed by atoms with van der Waals surface area (Å²) in [7, 11) is -3.40. The molecule has 3 saturated carbocycles. The van der Waals surface area contributed by atoms with Crippen molar-refractivity contribution in [3.8, 4) is 0 Å². The molecule has 0 aliphatic heterocycles. The molecule has 128 valence electrons. The van der Waals surface area contributed by atoms with Crippen LogP contribution in [0.15, 0.2) is 0 Å². The van der Waals surface area contributed by atoms with Crippen molar-refractivity contribution in [3.63, 3.8) is 0 Å².